The Kier molecular flexibility index (Phi) is 5.75. The molecule has 9 heteroatoms. The zero-order valence-electron chi connectivity index (χ0n) is 18.9. The summed E-state index contributed by atoms with van der Waals surface area (Å²) in [6, 6.07) is 8.54. The van der Waals surface area contributed by atoms with Crippen LogP contribution >= 0.6 is 11.6 Å². The van der Waals surface area contributed by atoms with Crippen LogP contribution in [0.25, 0.3) is 33.4 Å². The Hall–Kier alpha value is -3.78. The van der Waals surface area contributed by atoms with Crippen molar-refractivity contribution in [1.82, 2.24) is 25.1 Å². The Morgan fingerprint density at radius 2 is 1.91 bits per heavy atom. The molecule has 0 aliphatic carbocycles. The van der Waals surface area contributed by atoms with Crippen LogP contribution in [0.2, 0.25) is 5.02 Å². The van der Waals surface area contributed by atoms with Gasteiger partial charge < -0.3 is 14.8 Å². The van der Waals surface area contributed by atoms with Gasteiger partial charge in [-0.15, -0.1) is 0 Å². The van der Waals surface area contributed by atoms with E-state index in [0.717, 1.165) is 39.1 Å². The van der Waals surface area contributed by atoms with Crippen molar-refractivity contribution in [2.24, 2.45) is 0 Å². The maximum atomic E-state index is 14.3. The summed E-state index contributed by atoms with van der Waals surface area (Å²) in [5, 5.41) is 8.11. The molecule has 3 aromatic heterocycles. The molecule has 5 aromatic rings. The summed E-state index contributed by atoms with van der Waals surface area (Å²) < 4.78 is 19.8. The second-order valence-electron chi connectivity index (χ2n) is 8.10. The summed E-state index contributed by atoms with van der Waals surface area (Å²) >= 11 is 6.71. The van der Waals surface area contributed by atoms with Crippen molar-refractivity contribution in [3.05, 3.63) is 76.4 Å². The fourth-order valence-corrected chi connectivity index (χ4v) is 4.56. The van der Waals surface area contributed by atoms with Gasteiger partial charge in [-0.25, -0.2) is 19.3 Å². The predicted octanol–water partition coefficient (Wildman–Crippen LogP) is 6.05. The largest absolute Gasteiger partial charge is 0.368 e. The van der Waals surface area contributed by atoms with E-state index in [1.54, 1.807) is 18.5 Å². The Labute approximate surface area is 200 Å². The van der Waals surface area contributed by atoms with Crippen LogP contribution in [0.15, 0.2) is 47.5 Å². The third kappa shape index (κ3) is 3.90. The Morgan fingerprint density at radius 3 is 2.68 bits per heavy atom. The number of rotatable bonds is 6. The molecule has 0 bridgehead atoms. The second-order valence-corrected chi connectivity index (χ2v) is 8.51. The number of hydrogen-bond acceptors (Lipinski definition) is 6. The average molecular weight is 477 g/mol. The third-order valence-electron chi connectivity index (χ3n) is 5.91. The highest BCUT2D eigenvalue weighted by molar-refractivity contribution is 6.32. The number of fused-ring (bicyclic) bond motifs is 1. The van der Waals surface area contributed by atoms with Gasteiger partial charge in [0.2, 0.25) is 0 Å². The zero-order chi connectivity index (χ0) is 23.8. The SMILES string of the molecule is Cc1noc(C)c1-c1c(C)c(Cl)cc(CCNc2ncnc3[nH]cnc23)c1-c1cccc(F)c1. The molecule has 7 nitrogen and oxygen atoms in total. The molecule has 34 heavy (non-hydrogen) atoms. The van der Waals surface area contributed by atoms with Crippen molar-refractivity contribution in [1.29, 1.82) is 0 Å². The molecule has 0 saturated heterocycles. The van der Waals surface area contributed by atoms with Crippen LogP contribution in [0.5, 0.6) is 0 Å². The van der Waals surface area contributed by atoms with Gasteiger partial charge in [-0.05, 0) is 73.2 Å². The van der Waals surface area contributed by atoms with E-state index in [4.69, 9.17) is 16.1 Å². The molecule has 5 rings (SSSR count). The molecule has 0 atom stereocenters. The molecule has 3 heterocycles. The number of nitrogens with zero attached hydrogens (tertiary/aromatic N) is 4. The summed E-state index contributed by atoms with van der Waals surface area (Å²) in [6.07, 6.45) is 3.68. The number of hydrogen-bond donors (Lipinski definition) is 2. The minimum atomic E-state index is -0.305. The van der Waals surface area contributed by atoms with E-state index in [-0.39, 0.29) is 5.82 Å². The van der Waals surface area contributed by atoms with Gasteiger partial charge in [-0.1, -0.05) is 28.9 Å². The van der Waals surface area contributed by atoms with E-state index >= 15 is 0 Å². The fourth-order valence-electron chi connectivity index (χ4n) is 4.33. The van der Waals surface area contributed by atoms with Crippen molar-refractivity contribution in [2.75, 3.05) is 11.9 Å². The summed E-state index contributed by atoms with van der Waals surface area (Å²) in [4.78, 5) is 15.8. The van der Waals surface area contributed by atoms with Gasteiger partial charge in [0.1, 0.15) is 23.4 Å². The van der Waals surface area contributed by atoms with E-state index in [1.165, 1.54) is 12.4 Å². The molecule has 2 N–H and O–H groups in total. The number of aromatic nitrogens is 5. The van der Waals surface area contributed by atoms with Crippen LogP contribution in [0.3, 0.4) is 0 Å². The van der Waals surface area contributed by atoms with E-state index in [1.807, 2.05) is 32.9 Å². The molecule has 172 valence electrons. The number of aryl methyl sites for hydroxylation is 2. The van der Waals surface area contributed by atoms with Gasteiger partial charge in [-0.2, -0.15) is 0 Å². The van der Waals surface area contributed by atoms with Gasteiger partial charge in [0.15, 0.2) is 11.5 Å². The highest BCUT2D eigenvalue weighted by Gasteiger charge is 2.23. The number of benzene rings is 2. The van der Waals surface area contributed by atoms with Crippen molar-refractivity contribution in [3.8, 4) is 22.3 Å². The highest BCUT2D eigenvalue weighted by atomic mass is 35.5. The topological polar surface area (TPSA) is 92.5 Å². The van der Waals surface area contributed by atoms with E-state index in [9.17, 15) is 4.39 Å². The number of aromatic amines is 1. The molecule has 0 amide bonds. The first-order chi connectivity index (χ1) is 16.4. The number of halogens is 2. The number of H-pyrrole nitrogens is 1. The quantitative estimate of drug-likeness (QED) is 0.310. The first-order valence-corrected chi connectivity index (χ1v) is 11.2. The smallest absolute Gasteiger partial charge is 0.162 e. The Morgan fingerprint density at radius 1 is 1.06 bits per heavy atom. The number of nitrogens with one attached hydrogen (secondary N) is 2. The minimum Gasteiger partial charge on any atom is -0.368 e. The van der Waals surface area contributed by atoms with Crippen LogP contribution in [0, 0.1) is 26.6 Å². The third-order valence-corrected chi connectivity index (χ3v) is 6.30. The second kappa shape index (κ2) is 8.87. The summed E-state index contributed by atoms with van der Waals surface area (Å²) in [7, 11) is 0. The molecule has 0 radical (unpaired) electrons. The Balaban J connectivity index is 1.61. The maximum Gasteiger partial charge on any atom is 0.162 e. The molecule has 0 spiro atoms. The fraction of sp³-hybridized carbons (Fsp3) is 0.200. The average Bonchev–Trinajstić information content (AvgIpc) is 3.43. The molecule has 0 aliphatic heterocycles. The molecular formula is C25H22ClFN6O. The first kappa shape index (κ1) is 22.0. The van der Waals surface area contributed by atoms with Gasteiger partial charge in [0, 0.05) is 17.1 Å². The van der Waals surface area contributed by atoms with Crippen molar-refractivity contribution < 1.29 is 8.91 Å². The summed E-state index contributed by atoms with van der Waals surface area (Å²) in [5.41, 5.74) is 7.40. The van der Waals surface area contributed by atoms with Gasteiger partial charge in [0.25, 0.3) is 0 Å². The molecule has 0 unspecified atom stereocenters. The highest BCUT2D eigenvalue weighted by Crippen LogP contribution is 2.43. The van der Waals surface area contributed by atoms with Crippen molar-refractivity contribution in [3.63, 3.8) is 0 Å². The summed E-state index contributed by atoms with van der Waals surface area (Å²) in [5.74, 6) is 1.02. The van der Waals surface area contributed by atoms with Crippen molar-refractivity contribution >= 4 is 28.6 Å². The van der Waals surface area contributed by atoms with Gasteiger partial charge in [-0.3, -0.25) is 0 Å². The molecule has 0 aliphatic rings. The standard InChI is InChI=1S/C25H22ClFN6O/c1-13-19(26)10-17(7-8-28-24-23-25(30-11-29-23)32-12-31-24)22(16-5-4-6-18(27)9-16)20(13)21-14(2)33-34-15(21)3/h4-6,9-12H,7-8H2,1-3H3,(H2,28,29,30,31,32). The predicted molar refractivity (Wildman–Crippen MR) is 130 cm³/mol. The van der Waals surface area contributed by atoms with Gasteiger partial charge in [0.05, 0.1) is 12.0 Å². The Bertz CT molecular complexity index is 1490. The lowest BCUT2D eigenvalue weighted by atomic mass is 9.85. The molecule has 2 aromatic carbocycles. The van der Waals surface area contributed by atoms with Crippen molar-refractivity contribution in [2.45, 2.75) is 27.2 Å². The van der Waals surface area contributed by atoms with Crippen LogP contribution in [0.4, 0.5) is 10.2 Å². The molecular weight excluding hydrogens is 455 g/mol. The molecule has 0 fully saturated rings. The number of imidazole rings is 1. The normalized spacial score (nSPS) is 11.3. The number of anilines is 1. The zero-order valence-corrected chi connectivity index (χ0v) is 19.7. The maximum absolute atomic E-state index is 14.3. The van der Waals surface area contributed by atoms with E-state index in [2.05, 4.69) is 30.4 Å². The van der Waals surface area contributed by atoms with Crippen LogP contribution in [-0.4, -0.2) is 31.6 Å². The van der Waals surface area contributed by atoms with Crippen LogP contribution < -0.4 is 5.32 Å². The molecule has 0 saturated carbocycles. The lowest BCUT2D eigenvalue weighted by Gasteiger charge is -2.20. The van der Waals surface area contributed by atoms with E-state index in [0.29, 0.717) is 40.7 Å². The summed E-state index contributed by atoms with van der Waals surface area (Å²) in [6.45, 7) is 6.29. The first-order valence-electron chi connectivity index (χ1n) is 10.8. The van der Waals surface area contributed by atoms with Crippen LogP contribution in [-0.2, 0) is 6.42 Å². The van der Waals surface area contributed by atoms with Crippen LogP contribution in [0.1, 0.15) is 22.6 Å². The van der Waals surface area contributed by atoms with E-state index < -0.39 is 0 Å². The lowest BCUT2D eigenvalue weighted by Crippen LogP contribution is -2.09. The minimum absolute atomic E-state index is 0.305. The van der Waals surface area contributed by atoms with Gasteiger partial charge >= 0.3 is 0 Å². The lowest BCUT2D eigenvalue weighted by molar-refractivity contribution is 0.393. The monoisotopic (exact) mass is 476 g/mol.